The van der Waals surface area contributed by atoms with Crippen molar-refractivity contribution < 1.29 is 22.7 Å². The van der Waals surface area contributed by atoms with Crippen LogP contribution in [0.4, 0.5) is 13.2 Å². The second kappa shape index (κ2) is 6.39. The van der Waals surface area contributed by atoms with Crippen molar-refractivity contribution in [2.45, 2.75) is 11.9 Å². The fourth-order valence-electron chi connectivity index (χ4n) is 1.98. The number of carbonyl (C=O) groups is 1. The molecule has 1 N–H and O–H groups in total. The predicted molar refractivity (Wildman–Crippen MR) is 70.7 cm³/mol. The Labute approximate surface area is 118 Å². The molecule has 0 fully saturated rings. The van der Waals surface area contributed by atoms with Crippen molar-refractivity contribution >= 4 is 17.7 Å². The van der Waals surface area contributed by atoms with Crippen LogP contribution in [0.2, 0.25) is 0 Å². The Morgan fingerprint density at radius 3 is 2.90 bits per heavy atom. The Kier molecular flexibility index (Phi) is 4.80. The van der Waals surface area contributed by atoms with Gasteiger partial charge in [0.2, 0.25) is 5.91 Å². The number of thioether (sulfide) groups is 1. The highest BCUT2D eigenvalue weighted by molar-refractivity contribution is 8.00. The summed E-state index contributed by atoms with van der Waals surface area (Å²) in [5, 5.41) is 2.52. The lowest BCUT2D eigenvalue weighted by Gasteiger charge is -2.24. The van der Waals surface area contributed by atoms with Gasteiger partial charge in [-0.05, 0) is 29.8 Å². The average Bonchev–Trinajstić information content (AvgIpc) is 2.42. The molecule has 1 aliphatic heterocycles. The van der Waals surface area contributed by atoms with Crippen LogP contribution in [0.15, 0.2) is 24.3 Å². The zero-order valence-electron chi connectivity index (χ0n) is 10.6. The zero-order chi connectivity index (χ0) is 14.6. The van der Waals surface area contributed by atoms with Crippen LogP contribution in [0, 0.1) is 5.92 Å². The molecule has 20 heavy (non-hydrogen) atoms. The van der Waals surface area contributed by atoms with Crippen LogP contribution in [0.3, 0.4) is 0 Å². The monoisotopic (exact) mass is 305 g/mol. The van der Waals surface area contributed by atoms with E-state index >= 15 is 0 Å². The van der Waals surface area contributed by atoms with E-state index in [0.29, 0.717) is 6.42 Å². The van der Waals surface area contributed by atoms with Crippen molar-refractivity contribution in [1.29, 1.82) is 0 Å². The van der Waals surface area contributed by atoms with E-state index in [0.717, 1.165) is 11.3 Å². The first kappa shape index (κ1) is 15.0. The van der Waals surface area contributed by atoms with E-state index in [9.17, 15) is 18.0 Å². The summed E-state index contributed by atoms with van der Waals surface area (Å²) >= 11 is -0.135. The highest BCUT2D eigenvalue weighted by Crippen LogP contribution is 2.29. The minimum atomic E-state index is -4.25. The first-order chi connectivity index (χ1) is 9.46. The van der Waals surface area contributed by atoms with E-state index in [1.165, 1.54) is 0 Å². The number of alkyl halides is 3. The quantitative estimate of drug-likeness (QED) is 0.869. The molecule has 0 saturated carbocycles. The van der Waals surface area contributed by atoms with E-state index in [1.807, 2.05) is 24.3 Å². The molecule has 1 aliphatic rings. The molecule has 0 spiro atoms. The Hall–Kier alpha value is -1.37. The van der Waals surface area contributed by atoms with Crippen LogP contribution < -0.4 is 10.1 Å². The van der Waals surface area contributed by atoms with Crippen molar-refractivity contribution in [1.82, 2.24) is 5.32 Å². The molecule has 1 aromatic rings. The number of hydrogen-bond acceptors (Lipinski definition) is 3. The van der Waals surface area contributed by atoms with Crippen molar-refractivity contribution in [2.75, 3.05) is 18.9 Å². The van der Waals surface area contributed by atoms with Crippen molar-refractivity contribution in [3.63, 3.8) is 0 Å². The van der Waals surface area contributed by atoms with Gasteiger partial charge in [0.1, 0.15) is 12.4 Å². The zero-order valence-corrected chi connectivity index (χ0v) is 11.4. The summed E-state index contributed by atoms with van der Waals surface area (Å²) in [5.41, 5.74) is -3.30. The van der Waals surface area contributed by atoms with E-state index in [1.54, 1.807) is 0 Å². The molecule has 3 nitrogen and oxygen atoms in total. The number of hydrogen-bond donors (Lipinski definition) is 1. The van der Waals surface area contributed by atoms with Gasteiger partial charge in [-0.15, -0.1) is 0 Å². The highest BCUT2D eigenvalue weighted by atomic mass is 32.2. The van der Waals surface area contributed by atoms with Gasteiger partial charge in [0.05, 0.1) is 5.92 Å². The number of ether oxygens (including phenoxy) is 1. The maximum atomic E-state index is 11.9. The number of benzene rings is 1. The summed E-state index contributed by atoms with van der Waals surface area (Å²) in [6.45, 7) is 0.260. The minimum Gasteiger partial charge on any atom is -0.492 e. The Morgan fingerprint density at radius 1 is 1.40 bits per heavy atom. The molecule has 110 valence electrons. The molecule has 1 heterocycles. The fourth-order valence-corrected chi connectivity index (χ4v) is 2.42. The van der Waals surface area contributed by atoms with Gasteiger partial charge in [-0.2, -0.15) is 13.2 Å². The summed E-state index contributed by atoms with van der Waals surface area (Å²) in [4.78, 5) is 11.9. The molecule has 0 saturated heterocycles. The summed E-state index contributed by atoms with van der Waals surface area (Å²) in [6.07, 6.45) is 0.550. The predicted octanol–water partition coefficient (Wildman–Crippen LogP) is 2.61. The van der Waals surface area contributed by atoms with E-state index in [4.69, 9.17) is 4.74 Å². The van der Waals surface area contributed by atoms with E-state index < -0.39 is 5.51 Å². The molecule has 0 aromatic heterocycles. The molecular formula is C13H14F3NO2S. The minimum absolute atomic E-state index is 0.00115. The third-order valence-corrected chi connectivity index (χ3v) is 3.65. The van der Waals surface area contributed by atoms with E-state index in [2.05, 4.69) is 5.32 Å². The molecule has 0 aliphatic carbocycles. The van der Waals surface area contributed by atoms with Gasteiger partial charge in [-0.25, -0.2) is 0 Å². The molecule has 0 unspecified atom stereocenters. The molecule has 1 amide bonds. The third kappa shape index (κ3) is 4.33. The number of para-hydroxylation sites is 1. The first-order valence-electron chi connectivity index (χ1n) is 6.15. The first-order valence-corrected chi connectivity index (χ1v) is 7.13. The molecule has 1 aromatic carbocycles. The van der Waals surface area contributed by atoms with Gasteiger partial charge in [-0.3, -0.25) is 4.79 Å². The molecule has 0 radical (unpaired) electrons. The second-order valence-corrected chi connectivity index (χ2v) is 5.56. The SMILES string of the molecule is O=C(NCCSC(F)(F)F)[C@H]1COc2ccccc2C1. The normalized spacial score (nSPS) is 18.1. The van der Waals surface area contributed by atoms with Gasteiger partial charge >= 0.3 is 5.51 Å². The second-order valence-electron chi connectivity index (χ2n) is 4.41. The number of nitrogens with one attached hydrogen (secondary N) is 1. The number of rotatable bonds is 4. The van der Waals surface area contributed by atoms with Crippen LogP contribution in [-0.2, 0) is 11.2 Å². The lowest BCUT2D eigenvalue weighted by Crippen LogP contribution is -2.38. The topological polar surface area (TPSA) is 38.3 Å². The van der Waals surface area contributed by atoms with Gasteiger partial charge in [0.15, 0.2) is 0 Å². The number of fused-ring (bicyclic) bond motifs is 1. The van der Waals surface area contributed by atoms with Crippen molar-refractivity contribution in [3.05, 3.63) is 29.8 Å². The van der Waals surface area contributed by atoms with Gasteiger partial charge in [0.25, 0.3) is 0 Å². The average molecular weight is 305 g/mol. The number of halogens is 3. The fraction of sp³-hybridized carbons (Fsp3) is 0.462. The Balaban J connectivity index is 1.77. The van der Waals surface area contributed by atoms with Crippen LogP contribution in [0.1, 0.15) is 5.56 Å². The number of amides is 1. The smallest absolute Gasteiger partial charge is 0.441 e. The Bertz CT molecular complexity index is 479. The van der Waals surface area contributed by atoms with E-state index in [-0.39, 0.29) is 42.5 Å². The van der Waals surface area contributed by atoms with Crippen LogP contribution >= 0.6 is 11.8 Å². The van der Waals surface area contributed by atoms with Crippen molar-refractivity contribution in [3.8, 4) is 5.75 Å². The molecule has 1 atom stereocenters. The van der Waals surface area contributed by atoms with Crippen molar-refractivity contribution in [2.24, 2.45) is 5.92 Å². The summed E-state index contributed by atoms with van der Waals surface area (Å²) in [7, 11) is 0. The standard InChI is InChI=1S/C13H14F3NO2S/c14-13(15,16)20-6-5-17-12(18)10-7-9-3-1-2-4-11(9)19-8-10/h1-4,10H,5-8H2,(H,17,18)/t10-/m1/s1. The molecule has 2 rings (SSSR count). The largest absolute Gasteiger partial charge is 0.492 e. The lowest BCUT2D eigenvalue weighted by atomic mass is 9.96. The lowest BCUT2D eigenvalue weighted by molar-refractivity contribution is -0.126. The maximum Gasteiger partial charge on any atom is 0.441 e. The van der Waals surface area contributed by atoms with Crippen LogP contribution in [0.25, 0.3) is 0 Å². The maximum absolute atomic E-state index is 11.9. The summed E-state index contributed by atoms with van der Waals surface area (Å²) in [5.74, 6) is -0.0217. The number of carbonyl (C=O) groups excluding carboxylic acids is 1. The molecule has 0 bridgehead atoms. The highest BCUT2D eigenvalue weighted by Gasteiger charge is 2.28. The van der Waals surface area contributed by atoms with Gasteiger partial charge < -0.3 is 10.1 Å². The van der Waals surface area contributed by atoms with Gasteiger partial charge in [0, 0.05) is 12.3 Å². The van der Waals surface area contributed by atoms with Gasteiger partial charge in [-0.1, -0.05) is 18.2 Å². The van der Waals surface area contributed by atoms with Crippen LogP contribution in [-0.4, -0.2) is 30.3 Å². The summed E-state index contributed by atoms with van der Waals surface area (Å²) < 4.78 is 41.3. The van der Waals surface area contributed by atoms with Crippen LogP contribution in [0.5, 0.6) is 5.75 Å². The summed E-state index contributed by atoms with van der Waals surface area (Å²) in [6, 6.07) is 7.44. The third-order valence-electron chi connectivity index (χ3n) is 2.92. The molecule has 7 heteroatoms. The molecular weight excluding hydrogens is 291 g/mol. The Morgan fingerprint density at radius 2 is 2.15 bits per heavy atom.